The third kappa shape index (κ3) is 3.23. The fourth-order valence-electron chi connectivity index (χ4n) is 1.12. The van der Waals surface area contributed by atoms with Crippen molar-refractivity contribution < 1.29 is 13.2 Å². The minimum atomic E-state index is -3.30. The lowest BCUT2D eigenvalue weighted by Crippen LogP contribution is -2.19. The van der Waals surface area contributed by atoms with Crippen LogP contribution in [0.2, 0.25) is 0 Å². The van der Waals surface area contributed by atoms with Crippen molar-refractivity contribution in [1.29, 1.82) is 0 Å². The lowest BCUT2D eigenvalue weighted by molar-refractivity contribution is 0.0963. The Bertz CT molecular complexity index is 483. The number of rotatable bonds is 4. The van der Waals surface area contributed by atoms with Crippen molar-refractivity contribution in [1.82, 2.24) is 5.32 Å². The molecule has 0 fully saturated rings. The summed E-state index contributed by atoms with van der Waals surface area (Å²) in [7, 11) is -1.78. The second-order valence-corrected chi connectivity index (χ2v) is 5.18. The molecule has 6 heteroatoms. The van der Waals surface area contributed by atoms with Gasteiger partial charge in [-0.15, -0.1) is 0 Å². The maximum absolute atomic E-state index is 11.3. The molecule has 1 rings (SSSR count). The van der Waals surface area contributed by atoms with Gasteiger partial charge in [0, 0.05) is 18.3 Å². The number of benzene rings is 1. The molecule has 0 saturated carbocycles. The number of carbonyl (C=O) groups excluding carboxylic acids is 1. The van der Waals surface area contributed by atoms with Crippen molar-refractivity contribution in [3.63, 3.8) is 0 Å². The molecule has 16 heavy (non-hydrogen) atoms. The predicted octanol–water partition coefficient (Wildman–Crippen LogP) is 0.808. The lowest BCUT2D eigenvalue weighted by Gasteiger charge is -2.07. The highest BCUT2D eigenvalue weighted by atomic mass is 32.2. The Morgan fingerprint density at radius 2 is 2.06 bits per heavy atom. The van der Waals surface area contributed by atoms with Crippen molar-refractivity contribution in [2.45, 2.75) is 6.92 Å². The van der Waals surface area contributed by atoms with Gasteiger partial charge in [0.15, 0.2) is 0 Å². The summed E-state index contributed by atoms with van der Waals surface area (Å²) in [4.78, 5) is 11.3. The number of carbonyl (C=O) groups is 1. The van der Waals surface area contributed by atoms with Gasteiger partial charge in [-0.25, -0.2) is 8.42 Å². The minimum Gasteiger partial charge on any atom is -0.355 e. The van der Waals surface area contributed by atoms with E-state index in [9.17, 15) is 13.2 Å². The lowest BCUT2D eigenvalue weighted by atomic mass is 10.2. The fourth-order valence-corrected chi connectivity index (χ4v) is 1.75. The summed E-state index contributed by atoms with van der Waals surface area (Å²) in [6, 6.07) is 6.33. The van der Waals surface area contributed by atoms with Gasteiger partial charge >= 0.3 is 0 Å². The molecule has 2 N–H and O–H groups in total. The quantitative estimate of drug-likeness (QED) is 0.820. The van der Waals surface area contributed by atoms with Crippen molar-refractivity contribution in [3.8, 4) is 0 Å². The number of hydrogen-bond acceptors (Lipinski definition) is 3. The van der Waals surface area contributed by atoms with E-state index in [2.05, 4.69) is 10.0 Å². The number of hydrogen-bond donors (Lipinski definition) is 2. The van der Waals surface area contributed by atoms with Crippen LogP contribution in [0.1, 0.15) is 17.3 Å². The van der Waals surface area contributed by atoms with E-state index in [1.165, 1.54) is 13.1 Å². The third-order valence-corrected chi connectivity index (χ3v) is 3.31. The molecule has 0 bridgehead atoms. The van der Waals surface area contributed by atoms with Crippen LogP contribution in [0.3, 0.4) is 0 Å². The molecule has 88 valence electrons. The molecule has 0 aliphatic rings. The van der Waals surface area contributed by atoms with Gasteiger partial charge < -0.3 is 5.32 Å². The Balaban J connectivity index is 2.96. The van der Waals surface area contributed by atoms with Crippen LogP contribution < -0.4 is 10.0 Å². The van der Waals surface area contributed by atoms with Gasteiger partial charge in [0.2, 0.25) is 10.0 Å². The summed E-state index contributed by atoms with van der Waals surface area (Å²) in [6.07, 6.45) is 0. The van der Waals surface area contributed by atoms with E-state index in [0.717, 1.165) is 0 Å². The highest BCUT2D eigenvalue weighted by Gasteiger charge is 2.08. The molecular weight excluding hydrogens is 228 g/mol. The van der Waals surface area contributed by atoms with Crippen LogP contribution in [-0.2, 0) is 10.0 Å². The van der Waals surface area contributed by atoms with Crippen LogP contribution in [0.5, 0.6) is 0 Å². The van der Waals surface area contributed by atoms with Gasteiger partial charge in [-0.1, -0.05) is 6.07 Å². The van der Waals surface area contributed by atoms with Gasteiger partial charge in [-0.05, 0) is 25.1 Å². The maximum atomic E-state index is 11.3. The van der Waals surface area contributed by atoms with E-state index in [1.54, 1.807) is 25.1 Å². The second kappa shape index (κ2) is 4.98. The van der Waals surface area contributed by atoms with Crippen molar-refractivity contribution in [3.05, 3.63) is 29.8 Å². The largest absolute Gasteiger partial charge is 0.355 e. The average Bonchev–Trinajstić information content (AvgIpc) is 2.28. The highest BCUT2D eigenvalue weighted by molar-refractivity contribution is 7.92. The Morgan fingerprint density at radius 1 is 1.38 bits per heavy atom. The van der Waals surface area contributed by atoms with E-state index in [-0.39, 0.29) is 11.7 Å². The molecule has 5 nitrogen and oxygen atoms in total. The topological polar surface area (TPSA) is 75.3 Å². The first-order valence-corrected chi connectivity index (χ1v) is 6.46. The van der Waals surface area contributed by atoms with E-state index in [0.29, 0.717) is 11.3 Å². The number of anilines is 1. The van der Waals surface area contributed by atoms with Gasteiger partial charge in [0.1, 0.15) is 0 Å². The normalized spacial score (nSPS) is 10.9. The summed E-state index contributed by atoms with van der Waals surface area (Å²) in [6.45, 7) is 1.55. The Labute approximate surface area is 94.9 Å². The standard InChI is InChI=1S/C10H14N2O3S/c1-3-16(14,15)12-9-6-4-5-8(7-9)10(13)11-2/h4-7,12H,3H2,1-2H3,(H,11,13). The van der Waals surface area contributed by atoms with E-state index in [1.807, 2.05) is 0 Å². The Kier molecular flexibility index (Phi) is 3.89. The highest BCUT2D eigenvalue weighted by Crippen LogP contribution is 2.12. The zero-order valence-electron chi connectivity index (χ0n) is 9.15. The van der Waals surface area contributed by atoms with E-state index in [4.69, 9.17) is 0 Å². The van der Waals surface area contributed by atoms with Crippen LogP contribution in [-0.4, -0.2) is 27.1 Å². The smallest absolute Gasteiger partial charge is 0.251 e. The molecule has 0 saturated heterocycles. The monoisotopic (exact) mass is 242 g/mol. The van der Waals surface area contributed by atoms with Gasteiger partial charge in [-0.2, -0.15) is 0 Å². The van der Waals surface area contributed by atoms with Crippen molar-refractivity contribution in [2.24, 2.45) is 0 Å². The van der Waals surface area contributed by atoms with Crippen LogP contribution in [0, 0.1) is 0 Å². The molecule has 0 aliphatic heterocycles. The molecule has 0 atom stereocenters. The Morgan fingerprint density at radius 3 is 2.62 bits per heavy atom. The van der Waals surface area contributed by atoms with Crippen LogP contribution >= 0.6 is 0 Å². The fraction of sp³-hybridized carbons (Fsp3) is 0.300. The zero-order valence-corrected chi connectivity index (χ0v) is 9.97. The predicted molar refractivity (Wildman–Crippen MR) is 62.9 cm³/mol. The first kappa shape index (κ1) is 12.5. The van der Waals surface area contributed by atoms with Crippen LogP contribution in [0.25, 0.3) is 0 Å². The summed E-state index contributed by atoms with van der Waals surface area (Å²) in [5, 5.41) is 2.47. The molecule has 0 aliphatic carbocycles. The van der Waals surface area contributed by atoms with Gasteiger partial charge in [0.05, 0.1) is 5.75 Å². The number of amides is 1. The molecule has 1 amide bonds. The Hall–Kier alpha value is -1.56. The molecule has 1 aromatic rings. The number of sulfonamides is 1. The summed E-state index contributed by atoms with van der Waals surface area (Å²) in [5.41, 5.74) is 0.807. The van der Waals surface area contributed by atoms with Gasteiger partial charge in [0.25, 0.3) is 5.91 Å². The summed E-state index contributed by atoms with van der Waals surface area (Å²) >= 11 is 0. The van der Waals surface area contributed by atoms with E-state index >= 15 is 0 Å². The summed E-state index contributed by atoms with van der Waals surface area (Å²) < 4.78 is 25.0. The first-order valence-electron chi connectivity index (χ1n) is 4.81. The van der Waals surface area contributed by atoms with Crippen LogP contribution in [0.4, 0.5) is 5.69 Å². The zero-order chi connectivity index (χ0) is 12.2. The van der Waals surface area contributed by atoms with Crippen molar-refractivity contribution >= 4 is 21.6 Å². The first-order chi connectivity index (χ1) is 7.48. The van der Waals surface area contributed by atoms with E-state index < -0.39 is 10.0 Å². The van der Waals surface area contributed by atoms with Crippen LogP contribution in [0.15, 0.2) is 24.3 Å². The van der Waals surface area contributed by atoms with Gasteiger partial charge in [-0.3, -0.25) is 9.52 Å². The summed E-state index contributed by atoms with van der Waals surface area (Å²) in [5.74, 6) is -0.255. The molecule has 0 unspecified atom stereocenters. The number of nitrogens with one attached hydrogen (secondary N) is 2. The molecular formula is C10H14N2O3S. The molecule has 0 heterocycles. The van der Waals surface area contributed by atoms with Crippen molar-refractivity contribution in [2.75, 3.05) is 17.5 Å². The molecule has 0 radical (unpaired) electrons. The second-order valence-electron chi connectivity index (χ2n) is 3.17. The molecule has 0 aromatic heterocycles. The minimum absolute atomic E-state index is 0.00278. The third-order valence-electron chi connectivity index (χ3n) is 2.01. The molecule has 1 aromatic carbocycles. The SMILES string of the molecule is CCS(=O)(=O)Nc1cccc(C(=O)NC)c1. The maximum Gasteiger partial charge on any atom is 0.251 e. The average molecular weight is 242 g/mol. The molecule has 0 spiro atoms.